The monoisotopic (exact) mass is 330 g/mol. The third-order valence-corrected chi connectivity index (χ3v) is 5.06. The van der Waals surface area contributed by atoms with Gasteiger partial charge in [-0.05, 0) is 36.6 Å². The van der Waals surface area contributed by atoms with Crippen LogP contribution in [0.15, 0.2) is 18.2 Å². The van der Waals surface area contributed by atoms with Crippen LogP contribution in [0.25, 0.3) is 0 Å². The van der Waals surface area contributed by atoms with Gasteiger partial charge in [-0.15, -0.1) is 0 Å². The molecule has 2 atom stereocenters. The minimum absolute atomic E-state index is 0.0211. The molecule has 0 bridgehead atoms. The number of nitrogens with zero attached hydrogens (tertiary/aromatic N) is 2. The summed E-state index contributed by atoms with van der Waals surface area (Å²) in [5.41, 5.74) is 1.60. The minimum atomic E-state index is -0.0220. The Bertz CT molecular complexity index is 656. The Morgan fingerprint density at radius 2 is 2.04 bits per heavy atom. The Hall–Kier alpha value is -2.04. The van der Waals surface area contributed by atoms with Crippen molar-refractivity contribution in [3.05, 3.63) is 29.3 Å². The molecule has 0 saturated carbocycles. The van der Waals surface area contributed by atoms with Crippen molar-refractivity contribution < 1.29 is 14.3 Å². The lowest BCUT2D eigenvalue weighted by Crippen LogP contribution is -2.37. The fourth-order valence-corrected chi connectivity index (χ4v) is 3.89. The molecule has 0 spiro atoms. The van der Waals surface area contributed by atoms with Crippen LogP contribution in [0.5, 0.6) is 5.75 Å². The lowest BCUT2D eigenvalue weighted by molar-refractivity contribution is -0.131. The zero-order chi connectivity index (χ0) is 17.4. The molecule has 2 aliphatic rings. The van der Waals surface area contributed by atoms with Crippen molar-refractivity contribution in [2.45, 2.75) is 20.8 Å². The highest BCUT2D eigenvalue weighted by Crippen LogP contribution is 2.33. The number of ether oxygens (including phenoxy) is 1. The van der Waals surface area contributed by atoms with E-state index in [0.717, 1.165) is 24.4 Å². The number of hydrogen-bond donors (Lipinski definition) is 0. The number of hydrogen-bond acceptors (Lipinski definition) is 3. The summed E-state index contributed by atoms with van der Waals surface area (Å²) in [7, 11) is 1.62. The molecule has 0 aliphatic carbocycles. The molecule has 0 aromatic heterocycles. The number of rotatable bonds is 4. The van der Waals surface area contributed by atoms with Gasteiger partial charge < -0.3 is 14.5 Å². The predicted molar refractivity (Wildman–Crippen MR) is 92.0 cm³/mol. The van der Waals surface area contributed by atoms with E-state index in [2.05, 4.69) is 13.8 Å². The Morgan fingerprint density at radius 1 is 1.29 bits per heavy atom. The van der Waals surface area contributed by atoms with E-state index in [0.29, 0.717) is 24.6 Å². The Morgan fingerprint density at radius 3 is 2.62 bits per heavy atom. The Balaban J connectivity index is 1.69. The summed E-state index contributed by atoms with van der Waals surface area (Å²) < 4.78 is 5.20. The Labute approximate surface area is 143 Å². The summed E-state index contributed by atoms with van der Waals surface area (Å²) in [4.78, 5) is 29.2. The Kier molecular flexibility index (Phi) is 4.52. The molecule has 2 amide bonds. The lowest BCUT2D eigenvalue weighted by atomic mass is 10.0. The second-order valence-corrected chi connectivity index (χ2v) is 7.39. The summed E-state index contributed by atoms with van der Waals surface area (Å²) >= 11 is 0. The van der Waals surface area contributed by atoms with E-state index in [1.165, 1.54) is 0 Å². The smallest absolute Gasteiger partial charge is 0.254 e. The van der Waals surface area contributed by atoms with Crippen LogP contribution < -0.4 is 4.74 Å². The number of amides is 2. The number of fused-ring (bicyclic) bond motifs is 1. The van der Waals surface area contributed by atoms with Gasteiger partial charge >= 0.3 is 0 Å². The summed E-state index contributed by atoms with van der Waals surface area (Å²) in [5.74, 6) is 1.72. The molecule has 1 aromatic carbocycles. The maximum Gasteiger partial charge on any atom is 0.254 e. The van der Waals surface area contributed by atoms with Crippen LogP contribution in [-0.4, -0.2) is 54.9 Å². The van der Waals surface area contributed by atoms with E-state index in [4.69, 9.17) is 4.74 Å². The summed E-state index contributed by atoms with van der Waals surface area (Å²) in [6, 6.07) is 5.50. The van der Waals surface area contributed by atoms with E-state index in [9.17, 15) is 9.59 Å². The van der Waals surface area contributed by atoms with E-state index in [1.54, 1.807) is 7.11 Å². The molecule has 5 heteroatoms. The first-order chi connectivity index (χ1) is 11.4. The van der Waals surface area contributed by atoms with Crippen molar-refractivity contribution in [1.29, 1.82) is 0 Å². The van der Waals surface area contributed by atoms with Crippen molar-refractivity contribution in [2.75, 3.05) is 33.3 Å². The largest absolute Gasteiger partial charge is 0.497 e. The van der Waals surface area contributed by atoms with E-state index >= 15 is 0 Å². The number of carbonyl (C=O) groups is 2. The van der Waals surface area contributed by atoms with Gasteiger partial charge in [0, 0.05) is 37.7 Å². The molecule has 3 rings (SSSR count). The van der Waals surface area contributed by atoms with Crippen LogP contribution in [0.4, 0.5) is 0 Å². The first kappa shape index (κ1) is 16.8. The van der Waals surface area contributed by atoms with Crippen molar-refractivity contribution >= 4 is 11.8 Å². The van der Waals surface area contributed by atoms with Gasteiger partial charge in [0.25, 0.3) is 5.91 Å². The first-order valence-electron chi connectivity index (χ1n) is 8.63. The van der Waals surface area contributed by atoms with Crippen LogP contribution in [0.1, 0.15) is 29.8 Å². The number of carbonyl (C=O) groups excluding carboxylic acids is 2. The molecular formula is C19H26N2O3. The van der Waals surface area contributed by atoms with Gasteiger partial charge in [-0.1, -0.05) is 13.8 Å². The standard InChI is InChI=1S/C19H26N2O3/c1-12(2)8-20-9-14-10-21(11-17(14)19(20)23)18(22)16-6-5-15(24-4)7-13(16)3/h5-7,12,14,17H,8-11H2,1-4H3/t14-,17+/m1/s1. The third kappa shape index (κ3) is 2.99. The van der Waals surface area contributed by atoms with Gasteiger partial charge in [0.05, 0.1) is 13.0 Å². The molecule has 0 N–H and O–H groups in total. The van der Waals surface area contributed by atoms with Crippen molar-refractivity contribution in [2.24, 2.45) is 17.8 Å². The highest BCUT2D eigenvalue weighted by Gasteiger charge is 2.47. The quantitative estimate of drug-likeness (QED) is 0.850. The minimum Gasteiger partial charge on any atom is -0.497 e. The van der Waals surface area contributed by atoms with Crippen LogP contribution in [0.3, 0.4) is 0 Å². The molecule has 2 saturated heterocycles. The fourth-order valence-electron chi connectivity index (χ4n) is 3.89. The molecule has 2 fully saturated rings. The molecule has 2 heterocycles. The highest BCUT2D eigenvalue weighted by atomic mass is 16.5. The third-order valence-electron chi connectivity index (χ3n) is 5.06. The molecule has 5 nitrogen and oxygen atoms in total. The van der Waals surface area contributed by atoms with Gasteiger partial charge in [-0.3, -0.25) is 9.59 Å². The molecule has 24 heavy (non-hydrogen) atoms. The number of likely N-dealkylation sites (tertiary alicyclic amines) is 2. The topological polar surface area (TPSA) is 49.9 Å². The highest BCUT2D eigenvalue weighted by molar-refractivity contribution is 5.96. The van der Waals surface area contributed by atoms with Crippen LogP contribution >= 0.6 is 0 Å². The van der Waals surface area contributed by atoms with E-state index in [1.807, 2.05) is 34.9 Å². The second kappa shape index (κ2) is 6.46. The van der Waals surface area contributed by atoms with Gasteiger partial charge in [-0.2, -0.15) is 0 Å². The summed E-state index contributed by atoms with van der Waals surface area (Å²) in [5, 5.41) is 0. The summed E-state index contributed by atoms with van der Waals surface area (Å²) in [6.45, 7) is 9.00. The molecule has 0 unspecified atom stereocenters. The van der Waals surface area contributed by atoms with Crippen LogP contribution in [0, 0.1) is 24.7 Å². The fraction of sp³-hybridized carbons (Fsp3) is 0.579. The van der Waals surface area contributed by atoms with Crippen molar-refractivity contribution in [3.63, 3.8) is 0 Å². The lowest BCUT2D eigenvalue weighted by Gasteiger charge is -2.23. The zero-order valence-corrected chi connectivity index (χ0v) is 14.9. The second-order valence-electron chi connectivity index (χ2n) is 7.39. The van der Waals surface area contributed by atoms with E-state index in [-0.39, 0.29) is 23.7 Å². The number of benzene rings is 1. The maximum atomic E-state index is 12.8. The SMILES string of the molecule is COc1ccc(C(=O)N2C[C@H]3CN(CC(C)C)C(=O)[C@H]3C2)c(C)c1. The molecule has 1 aromatic rings. The average Bonchev–Trinajstić information content (AvgIpc) is 3.06. The van der Waals surface area contributed by atoms with Crippen molar-refractivity contribution in [3.8, 4) is 5.75 Å². The molecule has 0 radical (unpaired) electrons. The molecule has 2 aliphatic heterocycles. The molecule has 130 valence electrons. The summed E-state index contributed by atoms with van der Waals surface area (Å²) in [6.07, 6.45) is 0. The number of methoxy groups -OCH3 is 1. The maximum absolute atomic E-state index is 12.8. The van der Waals surface area contributed by atoms with Gasteiger partial charge in [-0.25, -0.2) is 0 Å². The number of aryl methyl sites for hydroxylation is 1. The van der Waals surface area contributed by atoms with E-state index < -0.39 is 0 Å². The van der Waals surface area contributed by atoms with Crippen LogP contribution in [0.2, 0.25) is 0 Å². The molecular weight excluding hydrogens is 304 g/mol. The van der Waals surface area contributed by atoms with Gasteiger partial charge in [0.2, 0.25) is 5.91 Å². The van der Waals surface area contributed by atoms with Gasteiger partial charge in [0.1, 0.15) is 5.75 Å². The van der Waals surface area contributed by atoms with Crippen LogP contribution in [-0.2, 0) is 4.79 Å². The van der Waals surface area contributed by atoms with Crippen molar-refractivity contribution in [1.82, 2.24) is 9.80 Å². The first-order valence-corrected chi connectivity index (χ1v) is 8.63. The normalized spacial score (nSPS) is 23.1. The average molecular weight is 330 g/mol. The van der Waals surface area contributed by atoms with Gasteiger partial charge in [0.15, 0.2) is 0 Å². The zero-order valence-electron chi connectivity index (χ0n) is 14.9. The predicted octanol–water partition coefficient (Wildman–Crippen LogP) is 2.19.